The molecule has 1 fully saturated rings. The summed E-state index contributed by atoms with van der Waals surface area (Å²) in [6, 6.07) is 4.24. The molecule has 0 unspecified atom stereocenters. The number of rotatable bonds is 5. The largest absolute Gasteiger partial charge is 0.452 e. The van der Waals surface area contributed by atoms with Crippen molar-refractivity contribution in [2.24, 2.45) is 0 Å². The minimum absolute atomic E-state index is 0.106. The summed E-state index contributed by atoms with van der Waals surface area (Å²) in [5, 5.41) is 3.32. The zero-order valence-electron chi connectivity index (χ0n) is 10.6. The third kappa shape index (κ3) is 3.85. The van der Waals surface area contributed by atoms with Gasteiger partial charge >= 0.3 is 0 Å². The molecule has 0 aliphatic heterocycles. The highest BCUT2D eigenvalue weighted by Gasteiger charge is 2.17. The number of carbonyl (C=O) groups excluding carboxylic acids is 1. The molecule has 100 valence electrons. The molecule has 0 saturated heterocycles. The molecule has 1 aromatic heterocycles. The number of furan rings is 1. The predicted octanol–water partition coefficient (Wildman–Crippen LogP) is 2.53. The van der Waals surface area contributed by atoms with E-state index in [0.29, 0.717) is 23.8 Å². The summed E-state index contributed by atoms with van der Waals surface area (Å²) < 4.78 is 6.08. The molecule has 0 atom stereocenters. The average molecular weight is 315 g/mol. The normalized spacial score (nSPS) is 16.1. The van der Waals surface area contributed by atoms with E-state index in [2.05, 4.69) is 21.2 Å². The summed E-state index contributed by atoms with van der Waals surface area (Å²) >= 11 is 3.25. The Morgan fingerprint density at radius 1 is 1.50 bits per heavy atom. The zero-order chi connectivity index (χ0) is 13.0. The highest BCUT2D eigenvalue weighted by molar-refractivity contribution is 9.10. The Bertz CT molecular complexity index is 399. The molecule has 0 bridgehead atoms. The number of hydrogen-bond acceptors (Lipinski definition) is 3. The van der Waals surface area contributed by atoms with Crippen LogP contribution in [0.25, 0.3) is 0 Å². The average Bonchev–Trinajstić information content (AvgIpc) is 2.97. The van der Waals surface area contributed by atoms with Crippen LogP contribution in [0.15, 0.2) is 21.2 Å². The molecular weight excluding hydrogens is 296 g/mol. The van der Waals surface area contributed by atoms with Gasteiger partial charge in [-0.1, -0.05) is 12.8 Å². The highest BCUT2D eigenvalue weighted by atomic mass is 79.9. The lowest BCUT2D eigenvalue weighted by Gasteiger charge is -2.18. The second kappa shape index (κ2) is 6.38. The molecule has 1 aliphatic rings. The van der Waals surface area contributed by atoms with Crippen molar-refractivity contribution in [1.82, 2.24) is 10.2 Å². The van der Waals surface area contributed by atoms with Gasteiger partial charge < -0.3 is 14.6 Å². The number of halogens is 1. The number of carbonyl (C=O) groups is 1. The van der Waals surface area contributed by atoms with E-state index in [1.807, 2.05) is 12.1 Å². The lowest BCUT2D eigenvalue weighted by atomic mass is 10.2. The topological polar surface area (TPSA) is 45.5 Å². The van der Waals surface area contributed by atoms with Gasteiger partial charge in [0.25, 0.3) is 0 Å². The fourth-order valence-corrected chi connectivity index (χ4v) is 2.60. The number of hydrogen-bond donors (Lipinski definition) is 1. The summed E-state index contributed by atoms with van der Waals surface area (Å²) in [4.78, 5) is 13.6. The van der Waals surface area contributed by atoms with Gasteiger partial charge in [-0.05, 0) is 40.9 Å². The Kier molecular flexibility index (Phi) is 4.83. The second-order valence-corrected chi connectivity index (χ2v) is 5.60. The molecule has 5 heteroatoms. The van der Waals surface area contributed by atoms with E-state index in [-0.39, 0.29) is 5.91 Å². The van der Waals surface area contributed by atoms with Gasteiger partial charge in [-0.3, -0.25) is 4.79 Å². The van der Waals surface area contributed by atoms with Crippen LogP contribution in [0.5, 0.6) is 0 Å². The first-order valence-electron chi connectivity index (χ1n) is 6.36. The van der Waals surface area contributed by atoms with Gasteiger partial charge in [0, 0.05) is 13.1 Å². The summed E-state index contributed by atoms with van der Waals surface area (Å²) in [5.41, 5.74) is 0. The highest BCUT2D eigenvalue weighted by Crippen LogP contribution is 2.17. The van der Waals surface area contributed by atoms with Gasteiger partial charge in [-0.15, -0.1) is 0 Å². The molecule has 1 heterocycles. The van der Waals surface area contributed by atoms with E-state index in [9.17, 15) is 4.79 Å². The van der Waals surface area contributed by atoms with E-state index in [1.54, 1.807) is 11.9 Å². The Morgan fingerprint density at radius 2 is 2.22 bits per heavy atom. The summed E-state index contributed by atoms with van der Waals surface area (Å²) in [6.45, 7) is 0.930. The predicted molar refractivity (Wildman–Crippen MR) is 73.1 cm³/mol. The quantitative estimate of drug-likeness (QED) is 0.908. The molecule has 1 aliphatic carbocycles. The molecular formula is C13H19BrN2O2. The van der Waals surface area contributed by atoms with Crippen LogP contribution in [0.4, 0.5) is 0 Å². The molecule has 2 rings (SSSR count). The minimum atomic E-state index is 0.106. The first-order valence-corrected chi connectivity index (χ1v) is 7.16. The van der Waals surface area contributed by atoms with Crippen molar-refractivity contribution >= 4 is 21.8 Å². The molecule has 1 N–H and O–H groups in total. The summed E-state index contributed by atoms with van der Waals surface area (Å²) in [7, 11) is 1.80. The van der Waals surface area contributed by atoms with Crippen LogP contribution in [0.2, 0.25) is 0 Å². The third-order valence-electron chi connectivity index (χ3n) is 3.34. The molecule has 4 nitrogen and oxygen atoms in total. The Morgan fingerprint density at radius 3 is 2.83 bits per heavy atom. The van der Waals surface area contributed by atoms with Gasteiger partial charge in [0.05, 0.1) is 13.1 Å². The molecule has 1 saturated carbocycles. The summed E-state index contributed by atoms with van der Waals surface area (Å²) in [6.07, 6.45) is 4.95. The first-order chi connectivity index (χ1) is 8.65. The first kappa shape index (κ1) is 13.6. The van der Waals surface area contributed by atoms with Crippen LogP contribution in [0.3, 0.4) is 0 Å². The van der Waals surface area contributed by atoms with E-state index in [0.717, 1.165) is 5.76 Å². The molecule has 1 aromatic rings. The lowest BCUT2D eigenvalue weighted by Crippen LogP contribution is -2.38. The summed E-state index contributed by atoms with van der Waals surface area (Å²) in [5.74, 6) is 0.896. The number of nitrogens with zero attached hydrogens (tertiary/aromatic N) is 1. The van der Waals surface area contributed by atoms with Gasteiger partial charge in [0.15, 0.2) is 4.67 Å². The van der Waals surface area contributed by atoms with Crippen molar-refractivity contribution in [1.29, 1.82) is 0 Å². The van der Waals surface area contributed by atoms with E-state index < -0.39 is 0 Å². The minimum Gasteiger partial charge on any atom is -0.452 e. The number of nitrogens with one attached hydrogen (secondary N) is 1. The van der Waals surface area contributed by atoms with Crippen LogP contribution in [-0.2, 0) is 11.3 Å². The van der Waals surface area contributed by atoms with Gasteiger partial charge in [-0.25, -0.2) is 0 Å². The van der Waals surface area contributed by atoms with Crippen molar-refractivity contribution in [3.63, 3.8) is 0 Å². The molecule has 0 aromatic carbocycles. The van der Waals surface area contributed by atoms with E-state index in [1.165, 1.54) is 25.7 Å². The molecule has 0 radical (unpaired) electrons. The van der Waals surface area contributed by atoms with Crippen molar-refractivity contribution in [3.05, 3.63) is 22.6 Å². The Hall–Kier alpha value is -0.810. The molecule has 1 amide bonds. The maximum absolute atomic E-state index is 11.9. The van der Waals surface area contributed by atoms with Gasteiger partial charge in [0.1, 0.15) is 5.76 Å². The van der Waals surface area contributed by atoms with E-state index in [4.69, 9.17) is 4.42 Å². The van der Waals surface area contributed by atoms with Crippen LogP contribution in [0.1, 0.15) is 31.4 Å². The zero-order valence-corrected chi connectivity index (χ0v) is 12.2. The Labute approximate surface area is 116 Å². The lowest BCUT2D eigenvalue weighted by molar-refractivity contribution is -0.129. The SMILES string of the molecule is CN(Cc1ccc(Br)o1)C(=O)CNC1CCCC1. The Balaban J connectivity index is 1.74. The van der Waals surface area contributed by atoms with Crippen molar-refractivity contribution in [2.75, 3.05) is 13.6 Å². The standard InChI is InChI=1S/C13H19BrN2O2/c1-16(9-11-6-7-12(14)18-11)13(17)8-15-10-4-2-3-5-10/h6-7,10,15H,2-5,8-9H2,1H3. The van der Waals surface area contributed by atoms with Gasteiger partial charge in [-0.2, -0.15) is 0 Å². The number of likely N-dealkylation sites (N-methyl/N-ethyl adjacent to an activating group) is 1. The molecule has 18 heavy (non-hydrogen) atoms. The van der Waals surface area contributed by atoms with Crippen LogP contribution in [0, 0.1) is 0 Å². The fourth-order valence-electron chi connectivity index (χ4n) is 2.26. The van der Waals surface area contributed by atoms with Crippen molar-refractivity contribution in [2.45, 2.75) is 38.3 Å². The smallest absolute Gasteiger partial charge is 0.236 e. The molecule has 0 spiro atoms. The van der Waals surface area contributed by atoms with Gasteiger partial charge in [0.2, 0.25) is 5.91 Å². The number of amides is 1. The van der Waals surface area contributed by atoms with Crippen LogP contribution >= 0.6 is 15.9 Å². The van der Waals surface area contributed by atoms with Crippen LogP contribution in [-0.4, -0.2) is 30.4 Å². The second-order valence-electron chi connectivity index (χ2n) is 4.82. The fraction of sp³-hybridized carbons (Fsp3) is 0.615. The van der Waals surface area contributed by atoms with Crippen LogP contribution < -0.4 is 5.32 Å². The maximum atomic E-state index is 11.9. The van der Waals surface area contributed by atoms with Crippen molar-refractivity contribution < 1.29 is 9.21 Å². The third-order valence-corrected chi connectivity index (χ3v) is 3.77. The van der Waals surface area contributed by atoms with E-state index >= 15 is 0 Å². The monoisotopic (exact) mass is 314 g/mol. The van der Waals surface area contributed by atoms with Crippen molar-refractivity contribution in [3.8, 4) is 0 Å². The maximum Gasteiger partial charge on any atom is 0.236 e.